The van der Waals surface area contributed by atoms with E-state index >= 15 is 0 Å². The van der Waals surface area contributed by atoms with Crippen LogP contribution in [-0.4, -0.2) is 51.0 Å². The van der Waals surface area contributed by atoms with E-state index < -0.39 is 0 Å². The lowest BCUT2D eigenvalue weighted by molar-refractivity contribution is -0.168. The zero-order valence-electron chi connectivity index (χ0n) is 13.8. The van der Waals surface area contributed by atoms with Crippen LogP contribution in [0.4, 0.5) is 0 Å². The van der Waals surface area contributed by atoms with Crippen molar-refractivity contribution in [1.82, 2.24) is 10.6 Å². The predicted octanol–water partition coefficient (Wildman–Crippen LogP) is 2.30. The summed E-state index contributed by atoms with van der Waals surface area (Å²) in [7, 11) is 1.86. The first-order chi connectivity index (χ1) is 10.3. The van der Waals surface area contributed by atoms with E-state index in [9.17, 15) is 0 Å². The molecule has 2 saturated carbocycles. The number of hydrogen-bond acceptors (Lipinski definition) is 3. The standard InChI is InChI=1S/C16H29N3O2.HI/c1-3-21-14-11-13(16(14)7-4-8-16)19-15(17-2)18-12-5-9-20-10-6-12;/h12-14H,3-11H2,1-2H3,(H2,17,18,19);1H. The number of hydrogen-bond donors (Lipinski definition) is 2. The summed E-state index contributed by atoms with van der Waals surface area (Å²) >= 11 is 0. The molecule has 2 aliphatic carbocycles. The van der Waals surface area contributed by atoms with Gasteiger partial charge in [-0.2, -0.15) is 0 Å². The lowest BCUT2D eigenvalue weighted by Crippen LogP contribution is -2.69. The largest absolute Gasteiger partial charge is 0.381 e. The molecule has 6 heteroatoms. The lowest BCUT2D eigenvalue weighted by Gasteiger charge is -2.61. The molecule has 0 bridgehead atoms. The van der Waals surface area contributed by atoms with Gasteiger partial charge in [-0.1, -0.05) is 6.42 Å². The van der Waals surface area contributed by atoms with Gasteiger partial charge in [0.25, 0.3) is 0 Å². The third kappa shape index (κ3) is 3.53. The summed E-state index contributed by atoms with van der Waals surface area (Å²) in [5.41, 5.74) is 0.378. The summed E-state index contributed by atoms with van der Waals surface area (Å²) in [6.07, 6.45) is 7.63. The van der Waals surface area contributed by atoms with Crippen molar-refractivity contribution in [1.29, 1.82) is 0 Å². The van der Waals surface area contributed by atoms with Gasteiger partial charge in [0.05, 0.1) is 6.10 Å². The fraction of sp³-hybridized carbons (Fsp3) is 0.938. The first kappa shape index (κ1) is 18.3. The highest BCUT2D eigenvalue weighted by atomic mass is 127. The first-order valence-corrected chi connectivity index (χ1v) is 8.47. The van der Waals surface area contributed by atoms with Crippen LogP contribution in [0.5, 0.6) is 0 Å². The molecule has 1 saturated heterocycles. The molecule has 0 aromatic rings. The molecule has 5 nitrogen and oxygen atoms in total. The highest BCUT2D eigenvalue weighted by Gasteiger charge is 2.59. The predicted molar refractivity (Wildman–Crippen MR) is 99.0 cm³/mol. The Morgan fingerprint density at radius 3 is 2.55 bits per heavy atom. The minimum Gasteiger partial charge on any atom is -0.381 e. The van der Waals surface area contributed by atoms with Crippen LogP contribution in [0.15, 0.2) is 4.99 Å². The van der Waals surface area contributed by atoms with Crippen LogP contribution < -0.4 is 10.6 Å². The first-order valence-electron chi connectivity index (χ1n) is 8.47. The third-order valence-corrected chi connectivity index (χ3v) is 5.53. The molecule has 2 unspecified atom stereocenters. The Kier molecular flexibility index (Phi) is 6.76. The van der Waals surface area contributed by atoms with Gasteiger partial charge in [-0.15, -0.1) is 24.0 Å². The average Bonchev–Trinajstić information content (AvgIpc) is 2.44. The van der Waals surface area contributed by atoms with Crippen molar-refractivity contribution in [2.24, 2.45) is 10.4 Å². The summed E-state index contributed by atoms with van der Waals surface area (Å²) in [4.78, 5) is 4.41. The van der Waals surface area contributed by atoms with Crippen molar-refractivity contribution in [3.63, 3.8) is 0 Å². The molecule has 0 radical (unpaired) electrons. The maximum absolute atomic E-state index is 5.91. The van der Waals surface area contributed by atoms with E-state index in [0.29, 0.717) is 23.6 Å². The van der Waals surface area contributed by atoms with E-state index in [2.05, 4.69) is 22.5 Å². The fourth-order valence-electron chi connectivity index (χ4n) is 4.01. The molecule has 3 rings (SSSR count). The number of aliphatic imine (C=N–C) groups is 1. The Morgan fingerprint density at radius 1 is 1.27 bits per heavy atom. The van der Waals surface area contributed by atoms with E-state index in [1.807, 2.05) is 7.05 Å². The van der Waals surface area contributed by atoms with Crippen LogP contribution in [0.25, 0.3) is 0 Å². The summed E-state index contributed by atoms with van der Waals surface area (Å²) < 4.78 is 11.3. The van der Waals surface area contributed by atoms with Crippen LogP contribution in [0.2, 0.25) is 0 Å². The molecule has 0 amide bonds. The molecular weight excluding hydrogens is 393 g/mol. The molecule has 0 aromatic heterocycles. The van der Waals surface area contributed by atoms with Gasteiger partial charge >= 0.3 is 0 Å². The number of nitrogens with one attached hydrogen (secondary N) is 2. The van der Waals surface area contributed by atoms with Crippen molar-refractivity contribution >= 4 is 29.9 Å². The van der Waals surface area contributed by atoms with Gasteiger partial charge in [0.15, 0.2) is 5.96 Å². The molecule has 0 aromatic carbocycles. The summed E-state index contributed by atoms with van der Waals surface area (Å²) in [5, 5.41) is 7.21. The normalized spacial score (nSPS) is 30.9. The number of ether oxygens (including phenoxy) is 2. The fourth-order valence-corrected chi connectivity index (χ4v) is 4.01. The second kappa shape index (κ2) is 8.15. The summed E-state index contributed by atoms with van der Waals surface area (Å²) in [6.45, 7) is 4.63. The van der Waals surface area contributed by atoms with Gasteiger partial charge in [0.1, 0.15) is 0 Å². The molecule has 2 N–H and O–H groups in total. The Labute approximate surface area is 151 Å². The Balaban J connectivity index is 0.00000176. The van der Waals surface area contributed by atoms with Gasteiger partial charge in [-0.3, -0.25) is 4.99 Å². The zero-order chi connectivity index (χ0) is 14.7. The second-order valence-corrected chi connectivity index (χ2v) is 6.57. The molecule has 22 heavy (non-hydrogen) atoms. The van der Waals surface area contributed by atoms with Crippen molar-refractivity contribution in [3.8, 4) is 0 Å². The van der Waals surface area contributed by atoms with Crippen molar-refractivity contribution in [2.45, 2.75) is 63.6 Å². The summed E-state index contributed by atoms with van der Waals surface area (Å²) in [6, 6.07) is 1.01. The SMILES string of the molecule is CCOC1CC(NC(=NC)NC2CCOCC2)C12CCC2.I. The molecule has 3 aliphatic rings. The minimum absolute atomic E-state index is 0. The van der Waals surface area contributed by atoms with Crippen LogP contribution in [0, 0.1) is 5.41 Å². The Morgan fingerprint density at radius 2 is 2.00 bits per heavy atom. The second-order valence-electron chi connectivity index (χ2n) is 6.57. The monoisotopic (exact) mass is 423 g/mol. The minimum atomic E-state index is 0. The van der Waals surface area contributed by atoms with Crippen molar-refractivity contribution in [2.75, 3.05) is 26.9 Å². The van der Waals surface area contributed by atoms with E-state index in [-0.39, 0.29) is 24.0 Å². The molecule has 1 heterocycles. The molecule has 128 valence electrons. The lowest BCUT2D eigenvalue weighted by atomic mass is 9.51. The van der Waals surface area contributed by atoms with E-state index in [1.165, 1.54) is 19.3 Å². The highest BCUT2D eigenvalue weighted by Crippen LogP contribution is 2.57. The summed E-state index contributed by atoms with van der Waals surface area (Å²) in [5.74, 6) is 0.952. The van der Waals surface area contributed by atoms with Gasteiger partial charge in [0.2, 0.25) is 0 Å². The quantitative estimate of drug-likeness (QED) is 0.414. The van der Waals surface area contributed by atoms with Gasteiger partial charge in [-0.05, 0) is 39.0 Å². The maximum atomic E-state index is 5.91. The topological polar surface area (TPSA) is 54.9 Å². The van der Waals surface area contributed by atoms with E-state index in [0.717, 1.165) is 45.0 Å². The van der Waals surface area contributed by atoms with Crippen molar-refractivity contribution < 1.29 is 9.47 Å². The molecule has 1 spiro atoms. The third-order valence-electron chi connectivity index (χ3n) is 5.53. The molecule has 1 aliphatic heterocycles. The van der Waals surface area contributed by atoms with Gasteiger partial charge in [0, 0.05) is 44.4 Å². The average molecular weight is 423 g/mol. The molecule has 2 atom stereocenters. The van der Waals surface area contributed by atoms with Gasteiger partial charge < -0.3 is 20.1 Å². The van der Waals surface area contributed by atoms with Gasteiger partial charge in [-0.25, -0.2) is 0 Å². The van der Waals surface area contributed by atoms with Crippen LogP contribution in [0.3, 0.4) is 0 Å². The number of rotatable bonds is 4. The van der Waals surface area contributed by atoms with Crippen LogP contribution in [0.1, 0.15) is 45.4 Å². The zero-order valence-corrected chi connectivity index (χ0v) is 16.1. The number of nitrogens with zero attached hydrogens (tertiary/aromatic N) is 1. The number of halogens is 1. The number of guanidine groups is 1. The van der Waals surface area contributed by atoms with E-state index in [4.69, 9.17) is 9.47 Å². The Bertz CT molecular complexity index is 382. The van der Waals surface area contributed by atoms with E-state index in [1.54, 1.807) is 0 Å². The molecule has 3 fully saturated rings. The smallest absolute Gasteiger partial charge is 0.191 e. The van der Waals surface area contributed by atoms with Crippen molar-refractivity contribution in [3.05, 3.63) is 0 Å². The molecular formula is C16H30IN3O2. The highest BCUT2D eigenvalue weighted by molar-refractivity contribution is 14.0. The Hall–Kier alpha value is -0.0800. The van der Waals surface area contributed by atoms with Crippen LogP contribution >= 0.6 is 24.0 Å². The maximum Gasteiger partial charge on any atom is 0.191 e. The van der Waals surface area contributed by atoms with Crippen LogP contribution in [-0.2, 0) is 9.47 Å².